The number of amidine groups is 1. The molecule has 3 heterocycles. The van der Waals surface area contributed by atoms with Crippen molar-refractivity contribution >= 4 is 87.5 Å². The Kier molecular flexibility index (Phi) is 7.31. The molecule has 2 N–H and O–H groups in total. The number of rotatable bonds is 6. The first-order valence-electron chi connectivity index (χ1n) is 21.1. The van der Waals surface area contributed by atoms with E-state index in [1.165, 1.54) is 48.7 Å². The molecule has 0 spiro atoms. The quantitative estimate of drug-likeness (QED) is 0.128. The Morgan fingerprint density at radius 1 is 0.435 bits per heavy atom. The average molecular weight is 792 g/mol. The molecule has 1 atom stereocenters. The summed E-state index contributed by atoms with van der Waals surface area (Å²) >= 11 is 0. The molecule has 1 unspecified atom stereocenters. The van der Waals surface area contributed by atoms with Gasteiger partial charge in [-0.3, -0.25) is 5.41 Å². The van der Waals surface area contributed by atoms with Crippen molar-refractivity contribution in [2.75, 3.05) is 0 Å². The monoisotopic (exact) mass is 791 g/mol. The fourth-order valence-corrected chi connectivity index (χ4v) is 10.00. The Balaban J connectivity index is 0.964. The predicted molar refractivity (Wildman–Crippen MR) is 259 cm³/mol. The lowest BCUT2D eigenvalue weighted by atomic mass is 9.94. The van der Waals surface area contributed by atoms with E-state index in [2.05, 4.69) is 209 Å². The van der Waals surface area contributed by atoms with Gasteiger partial charge in [0.15, 0.2) is 0 Å². The smallest absolute Gasteiger partial charge is 0.200 e. The maximum atomic E-state index is 9.55. The molecule has 12 aromatic rings. The number of aliphatic imine (C=N–C) groups is 1. The molecule has 0 saturated carbocycles. The van der Waals surface area contributed by atoms with Crippen LogP contribution < -0.4 is 5.32 Å². The van der Waals surface area contributed by atoms with Gasteiger partial charge in [-0.2, -0.15) is 0 Å². The third kappa shape index (κ3) is 5.09. The van der Waals surface area contributed by atoms with Crippen LogP contribution in [0.4, 0.5) is 0 Å². The standard InChI is InChI=1S/C57H37N5/c58-56(60-57(55(59-57)38-16-3-1-4-17-38)42-29-26-36-14-7-8-18-39(36)33-42)41-28-30-44-40(32-41)19-13-25-50(44)62-51-24-12-11-23-46(51)48-34-49-47-31-27-37-15-9-10-22-45(37)54(47)61(52(49)35-53(48)62)43-20-5-2-6-21-43/h1-35H,(H2,58,60). The molecule has 5 heteroatoms. The molecule has 1 aliphatic heterocycles. The van der Waals surface area contributed by atoms with Crippen molar-refractivity contribution in [3.8, 4) is 11.4 Å². The van der Waals surface area contributed by atoms with Crippen LogP contribution in [0, 0.1) is 5.41 Å². The van der Waals surface area contributed by atoms with Gasteiger partial charge in [-0.25, -0.2) is 4.99 Å². The number of para-hydroxylation sites is 2. The molecule has 0 aliphatic carbocycles. The third-order valence-electron chi connectivity index (χ3n) is 12.9. The van der Waals surface area contributed by atoms with Crippen LogP contribution in [0.3, 0.4) is 0 Å². The number of benzene rings is 10. The van der Waals surface area contributed by atoms with Gasteiger partial charge in [0, 0.05) is 54.7 Å². The van der Waals surface area contributed by atoms with E-state index >= 15 is 0 Å². The maximum Gasteiger partial charge on any atom is 0.200 e. The minimum absolute atomic E-state index is 0.320. The summed E-state index contributed by atoms with van der Waals surface area (Å²) in [5.41, 5.74) is 9.87. The van der Waals surface area contributed by atoms with E-state index < -0.39 is 5.66 Å². The first-order chi connectivity index (χ1) is 30.6. The number of hydrogen-bond acceptors (Lipinski definition) is 2. The van der Waals surface area contributed by atoms with Crippen LogP contribution >= 0.6 is 0 Å². The molecule has 5 nitrogen and oxygen atoms in total. The highest BCUT2D eigenvalue weighted by atomic mass is 15.3. The van der Waals surface area contributed by atoms with Crippen LogP contribution in [0.15, 0.2) is 217 Å². The van der Waals surface area contributed by atoms with Crippen molar-refractivity contribution in [3.63, 3.8) is 0 Å². The second-order valence-electron chi connectivity index (χ2n) is 16.4. The van der Waals surface area contributed by atoms with Gasteiger partial charge in [-0.1, -0.05) is 164 Å². The molecular weight excluding hydrogens is 755 g/mol. The maximum absolute atomic E-state index is 9.55. The highest BCUT2D eigenvalue weighted by molar-refractivity contribution is 6.24. The van der Waals surface area contributed by atoms with Crippen LogP contribution in [-0.4, -0.2) is 20.7 Å². The Morgan fingerprint density at radius 2 is 1.10 bits per heavy atom. The number of nitrogens with zero attached hydrogens (tertiary/aromatic N) is 3. The lowest BCUT2D eigenvalue weighted by molar-refractivity contribution is 0.661. The van der Waals surface area contributed by atoms with E-state index in [9.17, 15) is 5.41 Å². The van der Waals surface area contributed by atoms with E-state index in [1.807, 2.05) is 18.2 Å². The zero-order valence-electron chi connectivity index (χ0n) is 33.5. The van der Waals surface area contributed by atoms with E-state index in [0.717, 1.165) is 61.0 Å². The molecule has 0 fully saturated rings. The minimum Gasteiger partial charge on any atom is -0.337 e. The molecular formula is C57H37N5. The van der Waals surface area contributed by atoms with Gasteiger partial charge in [0.05, 0.1) is 33.5 Å². The Hall–Kier alpha value is -8.28. The second-order valence-corrected chi connectivity index (χ2v) is 16.4. The number of hydrogen-bond donors (Lipinski definition) is 2. The summed E-state index contributed by atoms with van der Waals surface area (Å²) in [5.74, 6) is 0.320. The largest absolute Gasteiger partial charge is 0.337 e. The molecule has 1 aliphatic rings. The van der Waals surface area contributed by atoms with Crippen LogP contribution in [0.2, 0.25) is 0 Å². The summed E-state index contributed by atoms with van der Waals surface area (Å²) in [6.07, 6.45) is 0. The zero-order chi connectivity index (χ0) is 40.9. The van der Waals surface area contributed by atoms with E-state index in [1.54, 1.807) is 0 Å². The minimum atomic E-state index is -0.831. The molecule has 0 bridgehead atoms. The van der Waals surface area contributed by atoms with Crippen molar-refractivity contribution in [2.24, 2.45) is 4.99 Å². The highest BCUT2D eigenvalue weighted by Crippen LogP contribution is 2.44. The van der Waals surface area contributed by atoms with Crippen LogP contribution in [-0.2, 0) is 5.66 Å². The number of nitrogens with one attached hydrogen (secondary N) is 2. The number of fused-ring (bicyclic) bond motifs is 10. The van der Waals surface area contributed by atoms with Gasteiger partial charge in [0.2, 0.25) is 5.66 Å². The highest BCUT2D eigenvalue weighted by Gasteiger charge is 2.50. The molecule has 0 radical (unpaired) electrons. The normalized spacial score (nSPS) is 15.0. The third-order valence-corrected chi connectivity index (χ3v) is 12.9. The molecule has 13 rings (SSSR count). The van der Waals surface area contributed by atoms with Gasteiger partial charge < -0.3 is 14.5 Å². The summed E-state index contributed by atoms with van der Waals surface area (Å²) in [4.78, 5) is 5.10. The van der Waals surface area contributed by atoms with Gasteiger partial charge >= 0.3 is 0 Å². The van der Waals surface area contributed by atoms with Gasteiger partial charge in [-0.05, 0) is 70.1 Å². The first-order valence-corrected chi connectivity index (χ1v) is 21.1. The van der Waals surface area contributed by atoms with Crippen molar-refractivity contribution < 1.29 is 0 Å². The van der Waals surface area contributed by atoms with Crippen LogP contribution in [0.5, 0.6) is 0 Å². The molecule has 290 valence electrons. The Bertz CT molecular complexity index is 3860. The second kappa shape index (κ2) is 13.1. The zero-order valence-corrected chi connectivity index (χ0v) is 33.5. The Morgan fingerprint density at radius 3 is 1.95 bits per heavy atom. The average Bonchev–Trinajstić information content (AvgIpc) is 3.85. The van der Waals surface area contributed by atoms with E-state index in [0.29, 0.717) is 5.84 Å². The Labute approximate surface area is 356 Å². The summed E-state index contributed by atoms with van der Waals surface area (Å²) in [7, 11) is 0. The SMILES string of the molecule is N=C(NC1(c2ccc3ccccc3c2)N=C1c1ccccc1)c1ccc2c(-n3c4ccccc4c4cc5c6ccc7ccccc7c6n(-c6ccccc6)c5cc43)cccc2c1. The van der Waals surface area contributed by atoms with E-state index in [4.69, 9.17) is 4.99 Å². The van der Waals surface area contributed by atoms with Crippen molar-refractivity contribution in [2.45, 2.75) is 5.66 Å². The van der Waals surface area contributed by atoms with Crippen LogP contribution in [0.25, 0.3) is 87.3 Å². The van der Waals surface area contributed by atoms with Gasteiger partial charge in [-0.15, -0.1) is 0 Å². The summed E-state index contributed by atoms with van der Waals surface area (Å²) in [6.45, 7) is 0. The molecule has 2 aromatic heterocycles. The molecule has 0 saturated heterocycles. The van der Waals surface area contributed by atoms with E-state index in [-0.39, 0.29) is 0 Å². The lowest BCUT2D eigenvalue weighted by Crippen LogP contribution is -2.40. The van der Waals surface area contributed by atoms with Crippen molar-refractivity contribution in [1.29, 1.82) is 5.41 Å². The van der Waals surface area contributed by atoms with Gasteiger partial charge in [0.1, 0.15) is 5.84 Å². The predicted octanol–water partition coefficient (Wildman–Crippen LogP) is 13.6. The molecule has 10 aromatic carbocycles. The lowest BCUT2D eigenvalue weighted by Gasteiger charge is -2.21. The van der Waals surface area contributed by atoms with Crippen molar-refractivity contribution in [3.05, 3.63) is 229 Å². The fourth-order valence-electron chi connectivity index (χ4n) is 10.00. The molecule has 0 amide bonds. The molecule has 62 heavy (non-hydrogen) atoms. The first kappa shape index (κ1) is 34.6. The summed E-state index contributed by atoms with van der Waals surface area (Å²) < 4.78 is 4.87. The van der Waals surface area contributed by atoms with Crippen LogP contribution in [0.1, 0.15) is 16.7 Å². The topological polar surface area (TPSA) is 58.1 Å². The fraction of sp³-hybridized carbons (Fsp3) is 0.0175. The van der Waals surface area contributed by atoms with Gasteiger partial charge in [0.25, 0.3) is 0 Å². The number of aromatic nitrogens is 2. The van der Waals surface area contributed by atoms with Crippen molar-refractivity contribution in [1.82, 2.24) is 14.5 Å². The summed E-state index contributed by atoms with van der Waals surface area (Å²) in [5, 5.41) is 25.0. The summed E-state index contributed by atoms with van der Waals surface area (Å²) in [6, 6.07) is 75.6.